The Morgan fingerprint density at radius 2 is 1.92 bits per heavy atom. The first-order valence-electron chi connectivity index (χ1n) is 7.63. The van der Waals surface area contributed by atoms with E-state index in [1.807, 2.05) is 6.07 Å². The summed E-state index contributed by atoms with van der Waals surface area (Å²) in [4.78, 5) is 2.62. The number of hydrogen-bond acceptors (Lipinski definition) is 8. The van der Waals surface area contributed by atoms with Crippen LogP contribution in [-0.4, -0.2) is 57.3 Å². The second-order valence-corrected chi connectivity index (χ2v) is 6.67. The Labute approximate surface area is 149 Å². The van der Waals surface area contributed by atoms with Crippen molar-refractivity contribution in [3.05, 3.63) is 46.3 Å². The van der Waals surface area contributed by atoms with E-state index in [1.54, 1.807) is 24.3 Å². The first kappa shape index (κ1) is 19.0. The zero-order valence-corrected chi connectivity index (χ0v) is 14.4. The first-order valence-corrected chi connectivity index (χ1v) is 9.00. The van der Waals surface area contributed by atoms with Crippen molar-refractivity contribution in [1.29, 1.82) is 0 Å². The van der Waals surface area contributed by atoms with Crippen LogP contribution < -0.4 is 0 Å². The van der Waals surface area contributed by atoms with Crippen LogP contribution in [-0.2, 0) is 33.5 Å². The summed E-state index contributed by atoms with van der Waals surface area (Å²) < 4.78 is 58.9. The third-order valence-corrected chi connectivity index (χ3v) is 4.48. The minimum absolute atomic E-state index is 0.251. The fourth-order valence-electron chi connectivity index (χ4n) is 2.97. The van der Waals surface area contributed by atoms with Gasteiger partial charge in [0.1, 0.15) is 18.3 Å². The molecule has 0 aromatic heterocycles. The van der Waals surface area contributed by atoms with Gasteiger partial charge in [-0.1, -0.05) is 35.4 Å². The van der Waals surface area contributed by atoms with Crippen LogP contribution in [0.1, 0.15) is 11.9 Å². The lowest BCUT2D eigenvalue weighted by molar-refractivity contribution is -0.259. The molecule has 0 spiro atoms. The molecule has 2 heterocycles. The van der Waals surface area contributed by atoms with E-state index in [9.17, 15) is 8.42 Å². The van der Waals surface area contributed by atoms with Crippen molar-refractivity contribution in [3.63, 3.8) is 0 Å². The molecule has 2 fully saturated rings. The van der Waals surface area contributed by atoms with Gasteiger partial charge in [-0.2, -0.15) is 8.42 Å². The molecule has 142 valence electrons. The van der Waals surface area contributed by atoms with E-state index in [4.69, 9.17) is 33.2 Å². The maximum atomic E-state index is 11.3. The van der Waals surface area contributed by atoms with Crippen LogP contribution in [0, 0.1) is 0 Å². The van der Waals surface area contributed by atoms with E-state index in [1.165, 1.54) is 7.11 Å². The van der Waals surface area contributed by atoms with Gasteiger partial charge in [0.15, 0.2) is 12.6 Å². The van der Waals surface area contributed by atoms with E-state index < -0.39 is 47.4 Å². The van der Waals surface area contributed by atoms with Crippen molar-refractivity contribution in [2.75, 3.05) is 13.7 Å². The van der Waals surface area contributed by atoms with Crippen LogP contribution in [0.15, 0.2) is 35.4 Å². The van der Waals surface area contributed by atoms with Crippen LogP contribution in [0.5, 0.6) is 0 Å². The molecular weight excluding hydrogens is 370 g/mol. The molecule has 0 saturated carbocycles. The number of nitrogens with zero attached hydrogens (tertiary/aromatic N) is 3. The quantitative estimate of drug-likeness (QED) is 0.332. The summed E-state index contributed by atoms with van der Waals surface area (Å²) in [5.41, 5.74) is 9.23. The maximum absolute atomic E-state index is 11.3. The lowest BCUT2D eigenvalue weighted by atomic mass is 9.99. The molecule has 3 rings (SSSR count). The molecule has 0 radical (unpaired) electrons. The molecule has 1 aromatic carbocycles. The molecule has 2 aliphatic heterocycles. The van der Waals surface area contributed by atoms with Gasteiger partial charge in [-0.05, 0) is 5.53 Å². The fourth-order valence-corrected chi connectivity index (χ4v) is 3.49. The molecule has 2 saturated heterocycles. The van der Waals surface area contributed by atoms with Gasteiger partial charge in [0.25, 0.3) is 0 Å². The maximum Gasteiger partial charge on any atom is 0.397 e. The highest BCUT2D eigenvalue weighted by molar-refractivity contribution is 7.80. The number of fused-ring (bicyclic) bond motifs is 1. The fraction of sp³-hybridized carbons (Fsp3) is 0.571. The Kier molecular flexibility index (Phi) is 5.75. The number of ether oxygens (including phenoxy) is 4. The minimum atomic E-state index is -4.82. The summed E-state index contributed by atoms with van der Waals surface area (Å²) in [6, 6.07) is 8.98. The summed E-state index contributed by atoms with van der Waals surface area (Å²) in [5.74, 6) is 0. The number of benzene rings is 1. The van der Waals surface area contributed by atoms with Crippen LogP contribution in [0.25, 0.3) is 10.4 Å². The summed E-state index contributed by atoms with van der Waals surface area (Å²) in [5, 5.41) is 3.38. The second-order valence-electron chi connectivity index (χ2n) is 5.62. The highest BCUT2D eigenvalue weighted by Crippen LogP contribution is 2.40. The molecule has 0 bridgehead atoms. The zero-order valence-electron chi connectivity index (χ0n) is 13.6. The van der Waals surface area contributed by atoms with Gasteiger partial charge in [-0.25, -0.2) is 4.18 Å². The second kappa shape index (κ2) is 7.86. The molecule has 6 atom stereocenters. The smallest absolute Gasteiger partial charge is 0.353 e. The third kappa shape index (κ3) is 4.14. The molecule has 1 aromatic rings. The molecular formula is C14H17N3O8S. The normalized spacial score (nSPS) is 34.1. The van der Waals surface area contributed by atoms with Gasteiger partial charge in [0, 0.05) is 17.6 Å². The van der Waals surface area contributed by atoms with Crippen molar-refractivity contribution in [1.82, 2.24) is 0 Å². The lowest BCUT2D eigenvalue weighted by Gasteiger charge is -2.39. The Bertz CT molecular complexity index is 770. The monoisotopic (exact) mass is 387 g/mol. The predicted molar refractivity (Wildman–Crippen MR) is 85.0 cm³/mol. The first-order chi connectivity index (χ1) is 12.4. The Balaban J connectivity index is 1.90. The topological polar surface area (TPSA) is 149 Å². The SMILES string of the molecule is CO[C@H]1O[C@H](CN=[N+]=[N-])[C@@H](OS(=O)(=O)O)[C@@H]2OC(c3ccccc3)O[C@H]12. The number of azide groups is 1. The van der Waals surface area contributed by atoms with Gasteiger partial charge < -0.3 is 18.9 Å². The van der Waals surface area contributed by atoms with Crippen LogP contribution in [0.4, 0.5) is 0 Å². The Morgan fingerprint density at radius 3 is 2.54 bits per heavy atom. The lowest BCUT2D eigenvalue weighted by Crippen LogP contribution is -2.58. The van der Waals surface area contributed by atoms with Crippen molar-refractivity contribution >= 4 is 10.4 Å². The number of rotatable bonds is 6. The summed E-state index contributed by atoms with van der Waals surface area (Å²) >= 11 is 0. The van der Waals surface area contributed by atoms with Crippen LogP contribution in [0.3, 0.4) is 0 Å². The molecule has 0 amide bonds. The molecule has 11 nitrogen and oxygen atoms in total. The molecule has 0 aliphatic carbocycles. The average Bonchev–Trinajstić information content (AvgIpc) is 3.06. The van der Waals surface area contributed by atoms with Gasteiger partial charge in [0.2, 0.25) is 0 Å². The largest absolute Gasteiger partial charge is 0.397 e. The highest BCUT2D eigenvalue weighted by atomic mass is 32.3. The average molecular weight is 387 g/mol. The minimum Gasteiger partial charge on any atom is -0.353 e. The van der Waals surface area contributed by atoms with Gasteiger partial charge >= 0.3 is 10.4 Å². The van der Waals surface area contributed by atoms with Crippen LogP contribution >= 0.6 is 0 Å². The Morgan fingerprint density at radius 1 is 1.23 bits per heavy atom. The zero-order chi connectivity index (χ0) is 18.7. The predicted octanol–water partition coefficient (Wildman–Crippen LogP) is 1.34. The summed E-state index contributed by atoms with van der Waals surface area (Å²) in [6.45, 7) is -0.251. The van der Waals surface area contributed by atoms with E-state index >= 15 is 0 Å². The molecule has 1 unspecified atom stereocenters. The van der Waals surface area contributed by atoms with E-state index in [0.29, 0.717) is 5.56 Å². The highest BCUT2D eigenvalue weighted by Gasteiger charge is 2.55. The molecule has 26 heavy (non-hydrogen) atoms. The standard InChI is InChI=1S/C14H17N3O8S/c1-21-14-12-11(23-13(24-12)8-5-3-2-4-6-8)10(25-26(18,19)20)9(22-14)7-16-17-15/h2-6,9-14H,7H2,1H3,(H,18,19,20)/t9-,10-,11+,12+,13?,14+/m1/s1. The van der Waals surface area contributed by atoms with Gasteiger partial charge in [-0.3, -0.25) is 4.55 Å². The van der Waals surface area contributed by atoms with Crippen LogP contribution in [0.2, 0.25) is 0 Å². The van der Waals surface area contributed by atoms with Crippen molar-refractivity contribution in [2.24, 2.45) is 5.11 Å². The third-order valence-electron chi connectivity index (χ3n) is 4.01. The Hall–Kier alpha value is -1.76. The molecule has 1 N–H and O–H groups in total. The summed E-state index contributed by atoms with van der Waals surface area (Å²) in [7, 11) is -3.43. The summed E-state index contributed by atoms with van der Waals surface area (Å²) in [6.07, 6.45) is -5.80. The number of methoxy groups -OCH3 is 1. The van der Waals surface area contributed by atoms with Crippen molar-refractivity contribution in [3.8, 4) is 0 Å². The van der Waals surface area contributed by atoms with Gasteiger partial charge in [0.05, 0.1) is 12.6 Å². The van der Waals surface area contributed by atoms with Crippen molar-refractivity contribution in [2.45, 2.75) is 37.0 Å². The number of hydrogen-bond donors (Lipinski definition) is 1. The van der Waals surface area contributed by atoms with E-state index in [2.05, 4.69) is 10.0 Å². The van der Waals surface area contributed by atoms with E-state index in [-0.39, 0.29) is 6.54 Å². The van der Waals surface area contributed by atoms with E-state index in [0.717, 1.165) is 0 Å². The molecule has 12 heteroatoms. The molecule has 2 aliphatic rings. The van der Waals surface area contributed by atoms with Crippen molar-refractivity contribution < 1.29 is 36.1 Å². The van der Waals surface area contributed by atoms with Gasteiger partial charge in [-0.15, -0.1) is 0 Å².